The lowest BCUT2D eigenvalue weighted by atomic mass is 9.83. The van der Waals surface area contributed by atoms with E-state index in [2.05, 4.69) is 30.7 Å². The topological polar surface area (TPSA) is 141 Å². The lowest BCUT2D eigenvalue weighted by Gasteiger charge is -2.21. The fraction of sp³-hybridized carbons (Fsp3) is 0.500. The van der Waals surface area contributed by atoms with E-state index in [1.165, 1.54) is 6.92 Å². The van der Waals surface area contributed by atoms with Crippen LogP contribution in [0.15, 0.2) is 12.1 Å². The maximum atomic E-state index is 13.7. The third kappa shape index (κ3) is 4.14. The third-order valence-corrected chi connectivity index (χ3v) is 7.37. The lowest BCUT2D eigenvalue weighted by molar-refractivity contribution is -0.285. The summed E-state index contributed by atoms with van der Waals surface area (Å²) in [4.78, 5) is 39.0. The summed E-state index contributed by atoms with van der Waals surface area (Å²) >= 11 is 0. The number of nitrogen functional groups attached to an aromatic ring is 1. The molecule has 4 heterocycles. The number of carbonyl (C=O) groups excluding carboxylic acids is 2. The molecule has 15 heteroatoms. The molecule has 4 N–H and O–H groups in total. The number of aryl methyl sites for hydroxylation is 1. The summed E-state index contributed by atoms with van der Waals surface area (Å²) in [5, 5.41) is 9.91. The minimum absolute atomic E-state index is 0.00943. The molecule has 0 spiro atoms. The van der Waals surface area contributed by atoms with E-state index in [1.54, 1.807) is 12.1 Å². The summed E-state index contributed by atoms with van der Waals surface area (Å²) < 4.78 is 66.8. The van der Waals surface area contributed by atoms with Crippen molar-refractivity contribution >= 4 is 34.5 Å². The van der Waals surface area contributed by atoms with E-state index in [-0.39, 0.29) is 46.3 Å². The number of amides is 2. The first-order chi connectivity index (χ1) is 18.3. The molecule has 3 aromatic rings. The number of fused-ring (bicyclic) bond motifs is 2. The standard InChI is InChI=1S/C24H23F5N8O2/c1-22(20(38)31-11-4-5-11)14-16(30)33-18(34-17(14)35-21(22)39)15-12-6-7-13(10-2-3-10)32-19(12)37(36-15)9-8-23(25,26)24(27,28)29/h6-7,10-11H,2-5,8-9H2,1H3,(H,31,38)(H3,30,33,34,35,39). The molecule has 2 saturated carbocycles. The molecule has 0 aromatic carbocycles. The Hall–Kier alpha value is -3.91. The van der Waals surface area contributed by atoms with Crippen molar-refractivity contribution in [1.29, 1.82) is 0 Å². The normalized spacial score (nSPS) is 21.2. The first kappa shape index (κ1) is 25.4. The Labute approximate surface area is 217 Å². The van der Waals surface area contributed by atoms with E-state index >= 15 is 0 Å². The molecule has 206 valence electrons. The highest BCUT2D eigenvalue weighted by Crippen LogP contribution is 2.43. The Bertz CT molecular complexity index is 1530. The molecule has 3 aromatic heterocycles. The van der Waals surface area contributed by atoms with Gasteiger partial charge in [-0.15, -0.1) is 0 Å². The number of nitrogens with two attached hydrogens (primary N) is 1. The largest absolute Gasteiger partial charge is 0.453 e. The fourth-order valence-corrected chi connectivity index (χ4v) is 4.67. The van der Waals surface area contributed by atoms with Gasteiger partial charge in [-0.05, 0) is 44.7 Å². The number of pyridine rings is 1. The number of nitrogens with one attached hydrogen (secondary N) is 2. The van der Waals surface area contributed by atoms with Crippen LogP contribution in [0.25, 0.3) is 22.6 Å². The molecule has 2 aliphatic carbocycles. The number of halogens is 5. The second-order valence-electron chi connectivity index (χ2n) is 10.4. The molecule has 6 rings (SSSR count). The van der Waals surface area contributed by atoms with E-state index in [4.69, 9.17) is 5.73 Å². The number of carbonyl (C=O) groups is 2. The molecule has 2 fully saturated rings. The zero-order valence-electron chi connectivity index (χ0n) is 20.6. The van der Waals surface area contributed by atoms with Crippen molar-refractivity contribution < 1.29 is 31.5 Å². The Morgan fingerprint density at radius 2 is 1.87 bits per heavy atom. The second kappa shape index (κ2) is 8.29. The predicted molar refractivity (Wildman–Crippen MR) is 128 cm³/mol. The SMILES string of the molecule is CC1(C(=O)NC2CC2)C(=O)Nc2nc(-c3nn(CCC(F)(F)C(F)(F)F)c4nc(C5CC5)ccc34)nc(N)c21. The van der Waals surface area contributed by atoms with Crippen LogP contribution in [0.2, 0.25) is 0 Å². The number of anilines is 2. The average molecular weight is 550 g/mol. The number of hydrogen-bond acceptors (Lipinski definition) is 7. The highest BCUT2D eigenvalue weighted by atomic mass is 19.4. The van der Waals surface area contributed by atoms with Crippen molar-refractivity contribution in [2.24, 2.45) is 0 Å². The molecule has 39 heavy (non-hydrogen) atoms. The number of aromatic nitrogens is 5. The van der Waals surface area contributed by atoms with Crippen molar-refractivity contribution in [3.05, 3.63) is 23.4 Å². The molecule has 1 unspecified atom stereocenters. The fourth-order valence-electron chi connectivity index (χ4n) is 4.67. The van der Waals surface area contributed by atoms with Crippen molar-refractivity contribution in [2.45, 2.75) is 75.0 Å². The second-order valence-corrected chi connectivity index (χ2v) is 10.4. The van der Waals surface area contributed by atoms with Crippen LogP contribution in [0.3, 0.4) is 0 Å². The molecule has 1 aliphatic heterocycles. The van der Waals surface area contributed by atoms with Gasteiger partial charge in [0.25, 0.3) is 0 Å². The Kier molecular flexibility index (Phi) is 5.40. The van der Waals surface area contributed by atoms with Crippen LogP contribution in [-0.2, 0) is 21.5 Å². The number of nitrogens with zero attached hydrogens (tertiary/aromatic N) is 5. The number of hydrogen-bond donors (Lipinski definition) is 3. The average Bonchev–Trinajstić information content (AvgIpc) is 3.79. The van der Waals surface area contributed by atoms with Crippen molar-refractivity contribution in [2.75, 3.05) is 11.1 Å². The summed E-state index contributed by atoms with van der Waals surface area (Å²) in [5.74, 6) is -6.22. The molecule has 0 radical (unpaired) electrons. The van der Waals surface area contributed by atoms with Gasteiger partial charge in [0.15, 0.2) is 16.9 Å². The summed E-state index contributed by atoms with van der Waals surface area (Å²) in [6.07, 6.45) is -3.85. The summed E-state index contributed by atoms with van der Waals surface area (Å²) in [7, 11) is 0. The maximum Gasteiger partial charge on any atom is 0.453 e. The van der Waals surface area contributed by atoms with E-state index < -0.39 is 42.3 Å². The van der Waals surface area contributed by atoms with Crippen molar-refractivity contribution in [1.82, 2.24) is 30.0 Å². The van der Waals surface area contributed by atoms with Crippen LogP contribution in [0.4, 0.5) is 33.6 Å². The van der Waals surface area contributed by atoms with Crippen LogP contribution >= 0.6 is 0 Å². The van der Waals surface area contributed by atoms with Crippen LogP contribution in [0, 0.1) is 0 Å². The Morgan fingerprint density at radius 1 is 1.15 bits per heavy atom. The van der Waals surface area contributed by atoms with Gasteiger partial charge in [0.05, 0.1) is 10.9 Å². The summed E-state index contributed by atoms with van der Waals surface area (Å²) in [6.45, 7) is 0.639. The van der Waals surface area contributed by atoms with Gasteiger partial charge in [-0.1, -0.05) is 0 Å². The summed E-state index contributed by atoms with van der Waals surface area (Å²) in [6, 6.07) is 3.35. The van der Waals surface area contributed by atoms with Gasteiger partial charge in [0.2, 0.25) is 11.8 Å². The molecule has 10 nitrogen and oxygen atoms in total. The smallest absolute Gasteiger partial charge is 0.383 e. The Balaban J connectivity index is 1.41. The van der Waals surface area contributed by atoms with Crippen molar-refractivity contribution in [3.8, 4) is 11.5 Å². The monoisotopic (exact) mass is 550 g/mol. The molecule has 3 aliphatic rings. The van der Waals surface area contributed by atoms with Gasteiger partial charge in [0, 0.05) is 30.6 Å². The van der Waals surface area contributed by atoms with E-state index in [0.717, 1.165) is 30.4 Å². The number of alkyl halides is 5. The Morgan fingerprint density at radius 3 is 2.51 bits per heavy atom. The highest BCUT2D eigenvalue weighted by Gasteiger charge is 2.57. The summed E-state index contributed by atoms with van der Waals surface area (Å²) in [5.41, 5.74) is 5.46. The molecule has 1 atom stereocenters. The first-order valence-electron chi connectivity index (χ1n) is 12.4. The third-order valence-electron chi connectivity index (χ3n) is 7.37. The van der Waals surface area contributed by atoms with Gasteiger partial charge < -0.3 is 16.4 Å². The minimum atomic E-state index is -5.71. The van der Waals surface area contributed by atoms with Crippen LogP contribution in [0.5, 0.6) is 0 Å². The number of rotatable bonds is 7. The van der Waals surface area contributed by atoms with Crippen LogP contribution in [-0.4, -0.2) is 54.7 Å². The van der Waals surface area contributed by atoms with Crippen LogP contribution in [0.1, 0.15) is 56.2 Å². The molecule has 0 bridgehead atoms. The highest BCUT2D eigenvalue weighted by molar-refractivity contribution is 6.21. The van der Waals surface area contributed by atoms with E-state index in [0.29, 0.717) is 11.1 Å². The lowest BCUT2D eigenvalue weighted by Crippen LogP contribution is -2.48. The molecular formula is C24H23F5N8O2. The predicted octanol–water partition coefficient (Wildman–Crippen LogP) is 3.42. The van der Waals surface area contributed by atoms with Gasteiger partial charge in [0.1, 0.15) is 17.3 Å². The minimum Gasteiger partial charge on any atom is -0.383 e. The van der Waals surface area contributed by atoms with Crippen molar-refractivity contribution in [3.63, 3.8) is 0 Å². The quantitative estimate of drug-likeness (QED) is 0.302. The maximum absolute atomic E-state index is 13.7. The van der Waals surface area contributed by atoms with E-state index in [9.17, 15) is 31.5 Å². The van der Waals surface area contributed by atoms with Crippen LogP contribution < -0.4 is 16.4 Å². The molecular weight excluding hydrogens is 527 g/mol. The molecule has 0 saturated heterocycles. The van der Waals surface area contributed by atoms with Gasteiger partial charge >= 0.3 is 12.1 Å². The van der Waals surface area contributed by atoms with E-state index in [1.807, 2.05) is 0 Å². The molecule has 2 amide bonds. The van der Waals surface area contributed by atoms with Gasteiger partial charge in [-0.3, -0.25) is 9.59 Å². The zero-order chi connectivity index (χ0) is 27.9. The zero-order valence-corrected chi connectivity index (χ0v) is 20.6. The van der Waals surface area contributed by atoms with Gasteiger partial charge in [-0.2, -0.15) is 27.1 Å². The first-order valence-corrected chi connectivity index (χ1v) is 12.4. The van der Waals surface area contributed by atoms with Gasteiger partial charge in [-0.25, -0.2) is 19.6 Å².